The predicted molar refractivity (Wildman–Crippen MR) is 72.7 cm³/mol. The molecule has 0 atom stereocenters. The summed E-state index contributed by atoms with van der Waals surface area (Å²) in [6.07, 6.45) is 4.48. The Kier molecular flexibility index (Phi) is 4.17. The van der Waals surface area contributed by atoms with Gasteiger partial charge in [0.15, 0.2) is 5.82 Å². The van der Waals surface area contributed by atoms with Crippen molar-refractivity contribution in [1.82, 2.24) is 9.97 Å². The van der Waals surface area contributed by atoms with Crippen LogP contribution in [0.15, 0.2) is 6.07 Å². The molecule has 1 fully saturated rings. The molecular formula is C14H23N3O. The molecule has 4 nitrogen and oxygen atoms in total. The van der Waals surface area contributed by atoms with Gasteiger partial charge in [0, 0.05) is 24.9 Å². The zero-order valence-electron chi connectivity index (χ0n) is 11.6. The lowest BCUT2D eigenvalue weighted by Gasteiger charge is -2.27. The monoisotopic (exact) mass is 249 g/mol. The summed E-state index contributed by atoms with van der Waals surface area (Å²) in [7, 11) is 0. The van der Waals surface area contributed by atoms with E-state index >= 15 is 0 Å². The minimum absolute atomic E-state index is 0.245. The van der Waals surface area contributed by atoms with Crippen molar-refractivity contribution in [3.05, 3.63) is 17.6 Å². The van der Waals surface area contributed by atoms with Crippen molar-refractivity contribution in [2.24, 2.45) is 0 Å². The van der Waals surface area contributed by atoms with E-state index in [2.05, 4.69) is 22.2 Å². The molecule has 1 N–H and O–H groups in total. The Morgan fingerprint density at radius 2 is 2.00 bits per heavy atom. The number of aryl methyl sites for hydroxylation is 1. The molecule has 1 aromatic heterocycles. The van der Waals surface area contributed by atoms with E-state index in [0.717, 1.165) is 36.7 Å². The fourth-order valence-electron chi connectivity index (χ4n) is 2.70. The van der Waals surface area contributed by atoms with Gasteiger partial charge in [-0.3, -0.25) is 0 Å². The number of nitrogens with one attached hydrogen (secondary N) is 1. The molecular weight excluding hydrogens is 226 g/mol. The van der Waals surface area contributed by atoms with Crippen LogP contribution in [-0.2, 0) is 10.3 Å². The summed E-state index contributed by atoms with van der Waals surface area (Å²) in [5.41, 5.74) is 0.757. The van der Waals surface area contributed by atoms with Crippen LogP contribution in [0.2, 0.25) is 0 Å². The third-order valence-electron chi connectivity index (χ3n) is 3.45. The Morgan fingerprint density at radius 3 is 2.61 bits per heavy atom. The quantitative estimate of drug-likeness (QED) is 0.871. The normalized spacial score (nSPS) is 17.9. The van der Waals surface area contributed by atoms with Crippen molar-refractivity contribution >= 4 is 5.82 Å². The van der Waals surface area contributed by atoms with E-state index in [-0.39, 0.29) is 5.60 Å². The summed E-state index contributed by atoms with van der Waals surface area (Å²) in [6.45, 7) is 7.72. The van der Waals surface area contributed by atoms with Gasteiger partial charge in [-0.1, -0.05) is 0 Å². The first kappa shape index (κ1) is 13.3. The van der Waals surface area contributed by atoms with Crippen LogP contribution in [0.25, 0.3) is 0 Å². The molecule has 1 heterocycles. The minimum Gasteiger partial charge on any atom is -0.370 e. The number of hydrogen-bond acceptors (Lipinski definition) is 4. The van der Waals surface area contributed by atoms with Crippen molar-refractivity contribution in [3.8, 4) is 0 Å². The van der Waals surface area contributed by atoms with Crippen LogP contribution in [-0.4, -0.2) is 23.1 Å². The fraction of sp³-hybridized carbons (Fsp3) is 0.714. The molecule has 0 unspecified atom stereocenters. The van der Waals surface area contributed by atoms with Gasteiger partial charge in [-0.2, -0.15) is 0 Å². The van der Waals surface area contributed by atoms with E-state index in [1.54, 1.807) is 0 Å². The predicted octanol–water partition coefficient (Wildman–Crippen LogP) is 3.02. The molecule has 1 aliphatic carbocycles. The second-order valence-electron chi connectivity index (χ2n) is 4.88. The highest BCUT2D eigenvalue weighted by Crippen LogP contribution is 2.40. The van der Waals surface area contributed by atoms with Crippen molar-refractivity contribution in [2.45, 2.75) is 52.1 Å². The average Bonchev–Trinajstić information content (AvgIpc) is 2.79. The van der Waals surface area contributed by atoms with Gasteiger partial charge in [-0.15, -0.1) is 0 Å². The van der Waals surface area contributed by atoms with Crippen molar-refractivity contribution in [1.29, 1.82) is 0 Å². The van der Waals surface area contributed by atoms with Crippen LogP contribution < -0.4 is 5.32 Å². The lowest BCUT2D eigenvalue weighted by Crippen LogP contribution is -2.29. The first-order chi connectivity index (χ1) is 8.70. The van der Waals surface area contributed by atoms with Crippen molar-refractivity contribution in [3.63, 3.8) is 0 Å². The first-order valence-electron chi connectivity index (χ1n) is 6.94. The fourth-order valence-corrected chi connectivity index (χ4v) is 2.70. The molecule has 0 aromatic carbocycles. The number of anilines is 1. The van der Waals surface area contributed by atoms with Gasteiger partial charge in [-0.25, -0.2) is 9.97 Å². The van der Waals surface area contributed by atoms with E-state index < -0.39 is 0 Å². The number of hydrogen-bond donors (Lipinski definition) is 1. The molecule has 0 radical (unpaired) electrons. The van der Waals surface area contributed by atoms with Gasteiger partial charge in [0.1, 0.15) is 11.4 Å². The molecule has 18 heavy (non-hydrogen) atoms. The van der Waals surface area contributed by atoms with Crippen LogP contribution in [0, 0.1) is 6.92 Å². The number of ether oxygens (including phenoxy) is 1. The highest BCUT2D eigenvalue weighted by Gasteiger charge is 2.39. The lowest BCUT2D eigenvalue weighted by atomic mass is 10.0. The number of nitrogens with zero attached hydrogens (tertiary/aromatic N) is 2. The summed E-state index contributed by atoms with van der Waals surface area (Å²) in [6, 6.07) is 1.99. The topological polar surface area (TPSA) is 47.0 Å². The van der Waals surface area contributed by atoms with Crippen LogP contribution >= 0.6 is 0 Å². The van der Waals surface area contributed by atoms with E-state index in [0.29, 0.717) is 6.61 Å². The van der Waals surface area contributed by atoms with Gasteiger partial charge in [0.25, 0.3) is 0 Å². The zero-order chi connectivity index (χ0) is 13.0. The molecule has 1 aromatic rings. The molecule has 1 saturated carbocycles. The van der Waals surface area contributed by atoms with E-state index in [4.69, 9.17) is 4.74 Å². The zero-order valence-corrected chi connectivity index (χ0v) is 11.6. The third kappa shape index (κ3) is 2.64. The Labute approximate surface area is 109 Å². The molecule has 0 aliphatic heterocycles. The molecule has 4 heteroatoms. The molecule has 0 saturated heterocycles. The summed E-state index contributed by atoms with van der Waals surface area (Å²) in [4.78, 5) is 9.26. The Bertz CT molecular complexity index is 400. The van der Waals surface area contributed by atoms with E-state index in [1.165, 1.54) is 12.8 Å². The van der Waals surface area contributed by atoms with Gasteiger partial charge >= 0.3 is 0 Å². The second-order valence-corrected chi connectivity index (χ2v) is 4.88. The van der Waals surface area contributed by atoms with Crippen molar-refractivity contribution in [2.75, 3.05) is 18.5 Å². The Morgan fingerprint density at radius 1 is 1.28 bits per heavy atom. The minimum atomic E-state index is -0.245. The highest BCUT2D eigenvalue weighted by molar-refractivity contribution is 5.36. The third-order valence-corrected chi connectivity index (χ3v) is 3.45. The number of rotatable bonds is 5. The maximum Gasteiger partial charge on any atom is 0.162 e. The van der Waals surface area contributed by atoms with Crippen molar-refractivity contribution < 1.29 is 4.74 Å². The summed E-state index contributed by atoms with van der Waals surface area (Å²) in [5.74, 6) is 1.77. The van der Waals surface area contributed by atoms with Crippen LogP contribution in [0.1, 0.15) is 51.0 Å². The maximum absolute atomic E-state index is 6.01. The van der Waals surface area contributed by atoms with Gasteiger partial charge in [-0.05, 0) is 46.5 Å². The molecule has 0 spiro atoms. The van der Waals surface area contributed by atoms with E-state index in [9.17, 15) is 0 Å². The Balaban J connectivity index is 2.34. The van der Waals surface area contributed by atoms with Crippen LogP contribution in [0.5, 0.6) is 0 Å². The van der Waals surface area contributed by atoms with E-state index in [1.807, 2.05) is 19.9 Å². The smallest absolute Gasteiger partial charge is 0.162 e. The highest BCUT2D eigenvalue weighted by atomic mass is 16.5. The number of aromatic nitrogens is 2. The Hall–Kier alpha value is -1.16. The summed E-state index contributed by atoms with van der Waals surface area (Å²) >= 11 is 0. The van der Waals surface area contributed by atoms with Gasteiger partial charge in [0.05, 0.1) is 0 Å². The largest absolute Gasteiger partial charge is 0.370 e. The SMILES string of the molecule is CCNc1cc(C)nc(C2(OCC)CCCC2)n1. The molecule has 1 aliphatic rings. The molecule has 0 amide bonds. The maximum atomic E-state index is 6.01. The molecule has 100 valence electrons. The average molecular weight is 249 g/mol. The molecule has 0 bridgehead atoms. The van der Waals surface area contributed by atoms with Crippen LogP contribution in [0.3, 0.4) is 0 Å². The van der Waals surface area contributed by atoms with Gasteiger partial charge < -0.3 is 10.1 Å². The van der Waals surface area contributed by atoms with Gasteiger partial charge in [0.2, 0.25) is 0 Å². The molecule has 2 rings (SSSR count). The second kappa shape index (κ2) is 5.65. The first-order valence-corrected chi connectivity index (χ1v) is 6.94. The standard InChI is InChI=1S/C14H23N3O/c1-4-15-12-10-11(3)16-13(17-12)14(18-5-2)8-6-7-9-14/h10H,4-9H2,1-3H3,(H,15,16,17). The summed E-state index contributed by atoms with van der Waals surface area (Å²) < 4.78 is 6.01. The lowest BCUT2D eigenvalue weighted by molar-refractivity contribution is -0.0457. The van der Waals surface area contributed by atoms with Crippen LogP contribution in [0.4, 0.5) is 5.82 Å². The summed E-state index contributed by atoms with van der Waals surface area (Å²) in [5, 5.41) is 3.26.